The van der Waals surface area contributed by atoms with Crippen LogP contribution in [0.3, 0.4) is 0 Å². The fourth-order valence-electron chi connectivity index (χ4n) is 2.03. The van der Waals surface area contributed by atoms with E-state index >= 15 is 0 Å². The number of anilines is 3. The molecule has 0 saturated heterocycles. The van der Waals surface area contributed by atoms with E-state index in [0.29, 0.717) is 11.6 Å². The number of rotatable bonds is 5. The van der Waals surface area contributed by atoms with E-state index in [0.717, 1.165) is 29.7 Å². The van der Waals surface area contributed by atoms with Gasteiger partial charge in [-0.2, -0.15) is 0 Å². The Morgan fingerprint density at radius 3 is 2.65 bits per heavy atom. The Kier molecular flexibility index (Phi) is 4.47. The first kappa shape index (κ1) is 14.2. The lowest BCUT2D eigenvalue weighted by Gasteiger charge is -2.14. The van der Waals surface area contributed by atoms with E-state index in [9.17, 15) is 4.39 Å². The Bertz CT molecular complexity index is 600. The number of hydrogen-bond acceptors (Lipinski definition) is 5. The maximum absolute atomic E-state index is 13.1. The second-order valence-corrected chi connectivity index (χ2v) is 4.53. The van der Waals surface area contributed by atoms with E-state index in [2.05, 4.69) is 27.6 Å². The predicted molar refractivity (Wildman–Crippen MR) is 78.3 cm³/mol. The van der Waals surface area contributed by atoms with Gasteiger partial charge in [-0.05, 0) is 37.1 Å². The third kappa shape index (κ3) is 3.03. The molecule has 6 heteroatoms. The van der Waals surface area contributed by atoms with Crippen molar-refractivity contribution in [2.45, 2.75) is 26.7 Å². The van der Waals surface area contributed by atoms with Crippen LogP contribution in [-0.2, 0) is 6.42 Å². The summed E-state index contributed by atoms with van der Waals surface area (Å²) in [4.78, 5) is 8.36. The third-order valence-electron chi connectivity index (χ3n) is 3.02. The molecule has 0 aliphatic rings. The molecule has 0 unspecified atom stereocenters. The third-order valence-corrected chi connectivity index (χ3v) is 3.02. The summed E-state index contributed by atoms with van der Waals surface area (Å²) in [7, 11) is 0. The summed E-state index contributed by atoms with van der Waals surface area (Å²) >= 11 is 0. The normalized spacial score (nSPS) is 10.4. The highest BCUT2D eigenvalue weighted by Gasteiger charge is 2.11. The molecule has 0 fully saturated rings. The molecule has 1 aromatic heterocycles. The van der Waals surface area contributed by atoms with Gasteiger partial charge in [0.25, 0.3) is 0 Å². The van der Waals surface area contributed by atoms with E-state index in [-0.39, 0.29) is 5.82 Å². The van der Waals surface area contributed by atoms with Gasteiger partial charge in [0.1, 0.15) is 23.8 Å². The van der Waals surface area contributed by atoms with Gasteiger partial charge in [-0.3, -0.25) is 0 Å². The molecular formula is C14H18FN5. The highest BCUT2D eigenvalue weighted by Crippen LogP contribution is 2.26. The van der Waals surface area contributed by atoms with Gasteiger partial charge in [0.2, 0.25) is 0 Å². The molecule has 1 heterocycles. The number of nitrogen functional groups attached to an aromatic ring is 1. The number of nitrogens with one attached hydrogen (secondary N) is 2. The van der Waals surface area contributed by atoms with Crippen LogP contribution in [0.25, 0.3) is 0 Å². The smallest absolute Gasteiger partial charge is 0.148 e. The van der Waals surface area contributed by atoms with Crippen LogP contribution < -0.4 is 16.6 Å². The number of hydrazine groups is 1. The van der Waals surface area contributed by atoms with Crippen LogP contribution in [0.5, 0.6) is 0 Å². The average Bonchev–Trinajstić information content (AvgIpc) is 2.43. The molecule has 0 aliphatic heterocycles. The zero-order valence-electron chi connectivity index (χ0n) is 11.6. The number of nitrogens with two attached hydrogens (primary N) is 1. The fraction of sp³-hybridized carbons (Fsp3) is 0.286. The Labute approximate surface area is 117 Å². The van der Waals surface area contributed by atoms with Crippen LogP contribution in [0.2, 0.25) is 0 Å². The SMILES string of the molecule is CCCc1c(NN)ncnc1Nc1ccc(F)cc1C. The molecule has 0 radical (unpaired) electrons. The Hall–Kier alpha value is -2.21. The van der Waals surface area contributed by atoms with Gasteiger partial charge in [-0.15, -0.1) is 0 Å². The fourth-order valence-corrected chi connectivity index (χ4v) is 2.03. The Morgan fingerprint density at radius 1 is 1.25 bits per heavy atom. The van der Waals surface area contributed by atoms with E-state index in [1.54, 1.807) is 6.07 Å². The molecular weight excluding hydrogens is 257 g/mol. The van der Waals surface area contributed by atoms with E-state index < -0.39 is 0 Å². The zero-order valence-corrected chi connectivity index (χ0v) is 11.6. The lowest BCUT2D eigenvalue weighted by Crippen LogP contribution is -2.13. The molecule has 0 atom stereocenters. The number of aromatic nitrogens is 2. The van der Waals surface area contributed by atoms with Gasteiger partial charge in [0.05, 0.1) is 0 Å². The van der Waals surface area contributed by atoms with Crippen molar-refractivity contribution in [2.24, 2.45) is 5.84 Å². The van der Waals surface area contributed by atoms with Crippen LogP contribution in [0.15, 0.2) is 24.5 Å². The lowest BCUT2D eigenvalue weighted by molar-refractivity contribution is 0.627. The average molecular weight is 275 g/mol. The number of nitrogens with zero attached hydrogens (tertiary/aromatic N) is 2. The van der Waals surface area contributed by atoms with Gasteiger partial charge < -0.3 is 10.7 Å². The van der Waals surface area contributed by atoms with Gasteiger partial charge in [-0.1, -0.05) is 13.3 Å². The van der Waals surface area contributed by atoms with E-state index in [1.807, 2.05) is 6.92 Å². The molecule has 0 aliphatic carbocycles. The summed E-state index contributed by atoms with van der Waals surface area (Å²) in [5.74, 6) is 6.51. The maximum Gasteiger partial charge on any atom is 0.148 e. The first-order valence-corrected chi connectivity index (χ1v) is 6.49. The summed E-state index contributed by atoms with van der Waals surface area (Å²) in [6.07, 6.45) is 3.18. The molecule has 0 saturated carbocycles. The second kappa shape index (κ2) is 6.29. The molecule has 2 rings (SSSR count). The minimum absolute atomic E-state index is 0.256. The summed E-state index contributed by atoms with van der Waals surface area (Å²) in [6.45, 7) is 3.91. The van der Waals surface area contributed by atoms with Gasteiger partial charge in [0, 0.05) is 11.3 Å². The number of benzene rings is 1. The summed E-state index contributed by atoms with van der Waals surface area (Å²) in [5.41, 5.74) is 5.12. The van der Waals surface area contributed by atoms with Crippen molar-refractivity contribution in [1.29, 1.82) is 0 Å². The molecule has 1 aromatic carbocycles. The van der Waals surface area contributed by atoms with Crippen LogP contribution in [-0.4, -0.2) is 9.97 Å². The van der Waals surface area contributed by atoms with Crippen molar-refractivity contribution in [3.63, 3.8) is 0 Å². The Morgan fingerprint density at radius 2 is 2.00 bits per heavy atom. The highest BCUT2D eigenvalue weighted by atomic mass is 19.1. The van der Waals surface area contributed by atoms with Gasteiger partial charge >= 0.3 is 0 Å². The first-order chi connectivity index (χ1) is 9.65. The van der Waals surface area contributed by atoms with Crippen LogP contribution in [0.4, 0.5) is 21.7 Å². The Balaban J connectivity index is 2.37. The maximum atomic E-state index is 13.1. The molecule has 106 valence electrons. The molecule has 0 bridgehead atoms. The molecule has 0 spiro atoms. The van der Waals surface area contributed by atoms with Crippen molar-refractivity contribution in [1.82, 2.24) is 9.97 Å². The van der Waals surface area contributed by atoms with Crippen molar-refractivity contribution in [3.05, 3.63) is 41.5 Å². The lowest BCUT2D eigenvalue weighted by atomic mass is 10.1. The van der Waals surface area contributed by atoms with Crippen molar-refractivity contribution in [3.8, 4) is 0 Å². The monoisotopic (exact) mass is 275 g/mol. The number of hydrogen-bond donors (Lipinski definition) is 3. The standard InChI is InChI=1S/C14H18FN5/c1-3-4-11-13(17-8-18-14(11)20-16)19-12-6-5-10(15)7-9(12)2/h5-8H,3-4,16H2,1-2H3,(H2,17,18,19,20). The quantitative estimate of drug-likeness (QED) is 0.578. The second-order valence-electron chi connectivity index (χ2n) is 4.53. The van der Waals surface area contributed by atoms with Crippen LogP contribution in [0, 0.1) is 12.7 Å². The minimum atomic E-state index is -0.256. The topological polar surface area (TPSA) is 75.9 Å². The summed E-state index contributed by atoms with van der Waals surface area (Å²) in [6, 6.07) is 4.58. The van der Waals surface area contributed by atoms with Gasteiger partial charge in [-0.25, -0.2) is 20.2 Å². The van der Waals surface area contributed by atoms with Crippen molar-refractivity contribution in [2.75, 3.05) is 10.7 Å². The number of halogens is 1. The molecule has 5 nitrogen and oxygen atoms in total. The van der Waals surface area contributed by atoms with Crippen molar-refractivity contribution >= 4 is 17.3 Å². The van der Waals surface area contributed by atoms with E-state index in [1.165, 1.54) is 18.5 Å². The largest absolute Gasteiger partial charge is 0.340 e. The molecule has 2 aromatic rings. The number of aryl methyl sites for hydroxylation is 1. The molecule has 20 heavy (non-hydrogen) atoms. The minimum Gasteiger partial charge on any atom is -0.340 e. The molecule has 0 amide bonds. The zero-order chi connectivity index (χ0) is 14.5. The van der Waals surface area contributed by atoms with Crippen LogP contribution >= 0.6 is 0 Å². The predicted octanol–water partition coefficient (Wildman–Crippen LogP) is 2.91. The van der Waals surface area contributed by atoms with Crippen molar-refractivity contribution < 1.29 is 4.39 Å². The van der Waals surface area contributed by atoms with E-state index in [4.69, 9.17) is 5.84 Å². The summed E-state index contributed by atoms with van der Waals surface area (Å²) < 4.78 is 13.1. The van der Waals surface area contributed by atoms with Crippen LogP contribution in [0.1, 0.15) is 24.5 Å². The highest BCUT2D eigenvalue weighted by molar-refractivity contribution is 5.66. The van der Waals surface area contributed by atoms with Gasteiger partial charge in [0.15, 0.2) is 0 Å². The summed E-state index contributed by atoms with van der Waals surface area (Å²) in [5, 5.41) is 3.21. The first-order valence-electron chi connectivity index (χ1n) is 6.49. The molecule has 4 N–H and O–H groups in total.